The first-order valence-corrected chi connectivity index (χ1v) is 3.46. The molecule has 0 unspecified atom stereocenters. The van der Waals surface area contributed by atoms with Crippen molar-refractivity contribution in [2.24, 2.45) is 0 Å². The molecule has 0 N–H and O–H groups in total. The lowest BCUT2D eigenvalue weighted by atomic mass is 10.0. The van der Waals surface area contributed by atoms with Gasteiger partial charge in [-0.1, -0.05) is 6.08 Å². The van der Waals surface area contributed by atoms with Crippen LogP contribution in [0, 0.1) is 0 Å². The molecule has 0 radical (unpaired) electrons. The highest BCUT2D eigenvalue weighted by Gasteiger charge is 2.53. The number of hydrogen-bond acceptors (Lipinski definition) is 2. The average molecular weight is 140 g/mol. The lowest BCUT2D eigenvalue weighted by molar-refractivity contribution is -0.118. The van der Waals surface area contributed by atoms with E-state index in [4.69, 9.17) is 4.74 Å². The normalized spacial score (nSPS) is 38.5. The second-order valence-electron chi connectivity index (χ2n) is 2.73. The Labute approximate surface area is 60.9 Å². The quantitative estimate of drug-likeness (QED) is 0.427. The SMILES string of the molecule is C/C=C/C(=O)[C@@]1(C)O[C@H]1C. The molecule has 2 atom stereocenters. The van der Waals surface area contributed by atoms with E-state index in [1.54, 1.807) is 12.2 Å². The van der Waals surface area contributed by atoms with Gasteiger partial charge in [0.25, 0.3) is 0 Å². The van der Waals surface area contributed by atoms with E-state index in [1.807, 2.05) is 20.8 Å². The Morgan fingerprint density at radius 1 is 1.70 bits per heavy atom. The molecule has 2 heteroatoms. The zero-order valence-electron chi connectivity index (χ0n) is 6.55. The van der Waals surface area contributed by atoms with Gasteiger partial charge in [-0.2, -0.15) is 0 Å². The van der Waals surface area contributed by atoms with Crippen LogP contribution in [-0.4, -0.2) is 17.5 Å². The van der Waals surface area contributed by atoms with Gasteiger partial charge >= 0.3 is 0 Å². The lowest BCUT2D eigenvalue weighted by Crippen LogP contribution is -2.19. The van der Waals surface area contributed by atoms with Crippen molar-refractivity contribution in [3.8, 4) is 0 Å². The van der Waals surface area contributed by atoms with E-state index >= 15 is 0 Å². The molecule has 56 valence electrons. The molecule has 0 aromatic carbocycles. The number of allylic oxidation sites excluding steroid dienone is 1. The van der Waals surface area contributed by atoms with E-state index in [-0.39, 0.29) is 11.9 Å². The summed E-state index contributed by atoms with van der Waals surface area (Å²) in [5, 5.41) is 0. The minimum absolute atomic E-state index is 0.0718. The van der Waals surface area contributed by atoms with Crippen molar-refractivity contribution < 1.29 is 9.53 Å². The molecule has 1 rings (SSSR count). The minimum atomic E-state index is -0.507. The molecular weight excluding hydrogens is 128 g/mol. The van der Waals surface area contributed by atoms with Crippen molar-refractivity contribution in [3.05, 3.63) is 12.2 Å². The molecule has 0 aromatic heterocycles. The summed E-state index contributed by atoms with van der Waals surface area (Å²) in [6, 6.07) is 0. The van der Waals surface area contributed by atoms with Gasteiger partial charge in [0.2, 0.25) is 0 Å². The molecule has 0 amide bonds. The van der Waals surface area contributed by atoms with Crippen molar-refractivity contribution in [3.63, 3.8) is 0 Å². The van der Waals surface area contributed by atoms with Gasteiger partial charge in [0.15, 0.2) is 11.4 Å². The molecule has 1 aliphatic rings. The molecule has 1 heterocycles. The zero-order valence-corrected chi connectivity index (χ0v) is 6.55. The van der Waals surface area contributed by atoms with Crippen LogP contribution in [0.2, 0.25) is 0 Å². The summed E-state index contributed by atoms with van der Waals surface area (Å²) >= 11 is 0. The molecule has 1 aliphatic heterocycles. The van der Waals surface area contributed by atoms with Crippen LogP contribution in [0.3, 0.4) is 0 Å². The van der Waals surface area contributed by atoms with Gasteiger partial charge in [-0.05, 0) is 26.8 Å². The largest absolute Gasteiger partial charge is 0.358 e. The molecule has 2 nitrogen and oxygen atoms in total. The third-order valence-corrected chi connectivity index (χ3v) is 1.95. The highest BCUT2D eigenvalue weighted by molar-refractivity contribution is 5.99. The first-order chi connectivity index (χ1) is 4.61. The first kappa shape index (κ1) is 7.48. The number of carbonyl (C=O) groups excluding carboxylic acids is 1. The fourth-order valence-corrected chi connectivity index (χ4v) is 0.908. The molecular formula is C8H12O2. The van der Waals surface area contributed by atoms with E-state index in [9.17, 15) is 4.79 Å². The van der Waals surface area contributed by atoms with Gasteiger partial charge in [-0.3, -0.25) is 4.79 Å². The van der Waals surface area contributed by atoms with Crippen LogP contribution in [0.4, 0.5) is 0 Å². The van der Waals surface area contributed by atoms with Gasteiger partial charge in [0.1, 0.15) is 0 Å². The maximum atomic E-state index is 11.1. The Kier molecular flexibility index (Phi) is 1.65. The molecule has 1 fully saturated rings. The van der Waals surface area contributed by atoms with Crippen molar-refractivity contribution in [2.75, 3.05) is 0 Å². The van der Waals surface area contributed by atoms with Crippen LogP contribution in [0.1, 0.15) is 20.8 Å². The summed E-state index contributed by atoms with van der Waals surface area (Å²) in [7, 11) is 0. The second-order valence-corrected chi connectivity index (χ2v) is 2.73. The zero-order chi connectivity index (χ0) is 7.78. The summed E-state index contributed by atoms with van der Waals surface area (Å²) in [4.78, 5) is 11.1. The second kappa shape index (κ2) is 2.20. The predicted octanol–water partition coefficient (Wildman–Crippen LogP) is 1.31. The number of hydrogen-bond donors (Lipinski definition) is 0. The van der Waals surface area contributed by atoms with Gasteiger partial charge in [-0.15, -0.1) is 0 Å². The molecule has 0 aromatic rings. The third-order valence-electron chi connectivity index (χ3n) is 1.95. The fourth-order valence-electron chi connectivity index (χ4n) is 0.908. The summed E-state index contributed by atoms with van der Waals surface area (Å²) in [6.07, 6.45) is 3.39. The molecule has 0 bridgehead atoms. The van der Waals surface area contributed by atoms with Crippen LogP contribution in [0.15, 0.2) is 12.2 Å². The minimum Gasteiger partial charge on any atom is -0.358 e. The topological polar surface area (TPSA) is 29.6 Å². The van der Waals surface area contributed by atoms with Gasteiger partial charge < -0.3 is 4.74 Å². The average Bonchev–Trinajstić information content (AvgIpc) is 2.43. The summed E-state index contributed by atoms with van der Waals surface area (Å²) in [6.45, 7) is 5.55. The van der Waals surface area contributed by atoms with E-state index in [2.05, 4.69) is 0 Å². The maximum Gasteiger partial charge on any atom is 0.189 e. The number of ketones is 1. The van der Waals surface area contributed by atoms with E-state index < -0.39 is 5.60 Å². The van der Waals surface area contributed by atoms with E-state index in [0.29, 0.717) is 0 Å². The van der Waals surface area contributed by atoms with Crippen LogP contribution in [0.5, 0.6) is 0 Å². The number of epoxide rings is 1. The third kappa shape index (κ3) is 0.991. The Morgan fingerprint density at radius 2 is 2.20 bits per heavy atom. The van der Waals surface area contributed by atoms with Crippen LogP contribution < -0.4 is 0 Å². The number of carbonyl (C=O) groups is 1. The molecule has 0 saturated carbocycles. The van der Waals surface area contributed by atoms with Crippen molar-refractivity contribution in [1.29, 1.82) is 0 Å². The van der Waals surface area contributed by atoms with Crippen LogP contribution in [0.25, 0.3) is 0 Å². The Hall–Kier alpha value is -0.630. The monoisotopic (exact) mass is 140 g/mol. The van der Waals surface area contributed by atoms with Crippen LogP contribution in [-0.2, 0) is 9.53 Å². The van der Waals surface area contributed by atoms with Gasteiger partial charge in [-0.25, -0.2) is 0 Å². The lowest BCUT2D eigenvalue weighted by Gasteiger charge is -1.96. The number of ether oxygens (including phenoxy) is 1. The standard InChI is InChI=1S/C8H12O2/c1-4-5-7(9)8(3)6(2)10-8/h4-6H,1-3H3/b5-4+/t6-,8-/m0/s1. The predicted molar refractivity (Wildman–Crippen MR) is 38.8 cm³/mol. The van der Waals surface area contributed by atoms with Crippen molar-refractivity contribution in [1.82, 2.24) is 0 Å². The summed E-state index contributed by atoms with van der Waals surface area (Å²) in [5.41, 5.74) is -0.507. The van der Waals surface area contributed by atoms with Crippen molar-refractivity contribution >= 4 is 5.78 Å². The Bertz CT molecular complexity index is 184. The number of rotatable bonds is 2. The highest BCUT2D eigenvalue weighted by atomic mass is 16.6. The molecule has 0 aliphatic carbocycles. The van der Waals surface area contributed by atoms with E-state index in [1.165, 1.54) is 0 Å². The molecule has 0 spiro atoms. The fraction of sp³-hybridized carbons (Fsp3) is 0.625. The Morgan fingerprint density at radius 3 is 2.50 bits per heavy atom. The smallest absolute Gasteiger partial charge is 0.189 e. The van der Waals surface area contributed by atoms with Crippen molar-refractivity contribution in [2.45, 2.75) is 32.5 Å². The van der Waals surface area contributed by atoms with Gasteiger partial charge in [0, 0.05) is 0 Å². The van der Waals surface area contributed by atoms with Gasteiger partial charge in [0.05, 0.1) is 6.10 Å². The highest BCUT2D eigenvalue weighted by Crippen LogP contribution is 2.36. The summed E-state index contributed by atoms with van der Waals surface area (Å²) in [5.74, 6) is 0.0718. The molecule has 10 heavy (non-hydrogen) atoms. The molecule has 1 saturated heterocycles. The summed E-state index contributed by atoms with van der Waals surface area (Å²) < 4.78 is 5.12. The Balaban J connectivity index is 2.59. The van der Waals surface area contributed by atoms with E-state index in [0.717, 1.165) is 0 Å². The first-order valence-electron chi connectivity index (χ1n) is 3.46. The van der Waals surface area contributed by atoms with Crippen LogP contribution >= 0.6 is 0 Å². The maximum absolute atomic E-state index is 11.1.